The van der Waals surface area contributed by atoms with Gasteiger partial charge in [0.25, 0.3) is 5.91 Å². The molecule has 1 amide bonds. The van der Waals surface area contributed by atoms with Gasteiger partial charge < -0.3 is 10.5 Å². The van der Waals surface area contributed by atoms with Crippen molar-refractivity contribution in [2.75, 3.05) is 12.8 Å². The summed E-state index contributed by atoms with van der Waals surface area (Å²) in [6.45, 7) is 1.92. The molecule has 110 valence electrons. The Morgan fingerprint density at radius 1 is 1.48 bits per heavy atom. The third kappa shape index (κ3) is 3.79. The average Bonchev–Trinajstić information content (AvgIpc) is 2.89. The van der Waals surface area contributed by atoms with Crippen LogP contribution in [0.2, 0.25) is 0 Å². The predicted octanol–water partition coefficient (Wildman–Crippen LogP) is 2.06. The monoisotopic (exact) mass is 304 g/mol. The molecule has 0 spiro atoms. The Hall–Kier alpha value is -2.41. The number of hydrogen-bond donors (Lipinski definition) is 2. The van der Waals surface area contributed by atoms with Gasteiger partial charge in [0.2, 0.25) is 0 Å². The van der Waals surface area contributed by atoms with Gasteiger partial charge in [0.15, 0.2) is 5.13 Å². The number of ether oxygens (including phenoxy) is 1. The zero-order valence-electron chi connectivity index (χ0n) is 11.8. The van der Waals surface area contributed by atoms with Crippen LogP contribution in [-0.2, 0) is 6.42 Å². The molecule has 7 heteroatoms. The fourth-order valence-electron chi connectivity index (χ4n) is 1.69. The molecular weight excluding hydrogens is 288 g/mol. The summed E-state index contributed by atoms with van der Waals surface area (Å²) in [5.74, 6) is 0.467. The van der Waals surface area contributed by atoms with Gasteiger partial charge in [0, 0.05) is 0 Å². The van der Waals surface area contributed by atoms with Crippen LogP contribution in [-0.4, -0.2) is 24.2 Å². The number of nitrogen functional groups attached to an aromatic ring is 1. The fraction of sp³-hybridized carbons (Fsp3) is 0.214. The minimum Gasteiger partial charge on any atom is -0.497 e. The van der Waals surface area contributed by atoms with Gasteiger partial charge in [-0.15, -0.1) is 0 Å². The Labute approximate surface area is 126 Å². The fourth-order valence-corrected chi connectivity index (χ4v) is 2.50. The highest BCUT2D eigenvalue weighted by atomic mass is 32.1. The summed E-state index contributed by atoms with van der Waals surface area (Å²) >= 11 is 1.16. The van der Waals surface area contributed by atoms with E-state index in [2.05, 4.69) is 15.5 Å². The van der Waals surface area contributed by atoms with Crippen LogP contribution in [0.15, 0.2) is 29.4 Å². The van der Waals surface area contributed by atoms with E-state index in [-0.39, 0.29) is 5.91 Å². The van der Waals surface area contributed by atoms with Crippen molar-refractivity contribution in [3.8, 4) is 5.75 Å². The maximum Gasteiger partial charge on any atom is 0.283 e. The number of benzene rings is 1. The highest BCUT2D eigenvalue weighted by molar-refractivity contribution is 7.17. The van der Waals surface area contributed by atoms with E-state index in [1.165, 1.54) is 0 Å². The number of carbonyl (C=O) groups excluding carboxylic acids is 1. The van der Waals surface area contributed by atoms with E-state index in [0.29, 0.717) is 22.1 Å². The standard InChI is InChI=1S/C14H16N4O2S/c1-3-11-12(21-14(15)17-11)13(19)18-16-8-9-4-6-10(20-2)7-5-9/h4-8H,3H2,1-2H3,(H2,15,17)(H,18,19). The third-order valence-corrected chi connectivity index (χ3v) is 3.68. The smallest absolute Gasteiger partial charge is 0.283 e. The molecule has 0 aliphatic rings. The summed E-state index contributed by atoms with van der Waals surface area (Å²) in [5, 5.41) is 4.32. The van der Waals surface area contributed by atoms with Gasteiger partial charge in [-0.25, -0.2) is 10.4 Å². The second kappa shape index (κ2) is 6.85. The lowest BCUT2D eigenvalue weighted by Crippen LogP contribution is -2.17. The number of aryl methyl sites for hydroxylation is 1. The maximum absolute atomic E-state index is 12.0. The van der Waals surface area contributed by atoms with Crippen LogP contribution in [0.3, 0.4) is 0 Å². The molecule has 2 aromatic rings. The van der Waals surface area contributed by atoms with Gasteiger partial charge >= 0.3 is 0 Å². The van der Waals surface area contributed by atoms with Crippen LogP contribution < -0.4 is 15.9 Å². The zero-order valence-corrected chi connectivity index (χ0v) is 12.6. The Balaban J connectivity index is 2.01. The van der Waals surface area contributed by atoms with E-state index in [1.807, 2.05) is 31.2 Å². The van der Waals surface area contributed by atoms with E-state index in [9.17, 15) is 4.79 Å². The van der Waals surface area contributed by atoms with Crippen LogP contribution in [0, 0.1) is 0 Å². The summed E-state index contributed by atoms with van der Waals surface area (Å²) in [7, 11) is 1.61. The van der Waals surface area contributed by atoms with Gasteiger partial charge in [0.05, 0.1) is 19.0 Å². The Kier molecular flexibility index (Phi) is 4.89. The first-order valence-electron chi connectivity index (χ1n) is 6.36. The van der Waals surface area contributed by atoms with Crippen molar-refractivity contribution in [1.29, 1.82) is 0 Å². The number of carbonyl (C=O) groups is 1. The zero-order chi connectivity index (χ0) is 15.2. The normalized spacial score (nSPS) is 10.8. The number of thiazole rings is 1. The van der Waals surface area contributed by atoms with E-state index in [4.69, 9.17) is 10.5 Å². The molecule has 0 fully saturated rings. The lowest BCUT2D eigenvalue weighted by molar-refractivity contribution is 0.0958. The van der Waals surface area contributed by atoms with Gasteiger partial charge in [-0.2, -0.15) is 5.10 Å². The lowest BCUT2D eigenvalue weighted by Gasteiger charge is -2.00. The molecule has 21 heavy (non-hydrogen) atoms. The average molecular weight is 304 g/mol. The van der Waals surface area contributed by atoms with Crippen LogP contribution in [0.5, 0.6) is 5.75 Å². The molecule has 3 N–H and O–H groups in total. The quantitative estimate of drug-likeness (QED) is 0.653. The van der Waals surface area contributed by atoms with Crippen LogP contribution >= 0.6 is 11.3 Å². The lowest BCUT2D eigenvalue weighted by atomic mass is 10.2. The number of hydrazone groups is 1. The summed E-state index contributed by atoms with van der Waals surface area (Å²) in [5.41, 5.74) is 9.64. The second-order valence-electron chi connectivity index (χ2n) is 4.15. The van der Waals surface area contributed by atoms with Crippen molar-refractivity contribution in [3.63, 3.8) is 0 Å². The van der Waals surface area contributed by atoms with Gasteiger partial charge in [-0.1, -0.05) is 18.3 Å². The van der Waals surface area contributed by atoms with Crippen molar-refractivity contribution >= 4 is 28.6 Å². The molecule has 0 aliphatic heterocycles. The number of nitrogens with one attached hydrogen (secondary N) is 1. The van der Waals surface area contributed by atoms with Crippen LogP contribution in [0.4, 0.5) is 5.13 Å². The summed E-state index contributed by atoms with van der Waals surface area (Å²) in [6, 6.07) is 7.33. The van der Waals surface area contributed by atoms with Gasteiger partial charge in [0.1, 0.15) is 10.6 Å². The molecule has 0 saturated heterocycles. The number of nitrogens with zero attached hydrogens (tertiary/aromatic N) is 2. The molecule has 0 radical (unpaired) electrons. The first-order valence-corrected chi connectivity index (χ1v) is 7.18. The van der Waals surface area contributed by atoms with Crippen LogP contribution in [0.1, 0.15) is 27.9 Å². The number of aromatic nitrogens is 1. The molecule has 0 unspecified atom stereocenters. The van der Waals surface area contributed by atoms with E-state index >= 15 is 0 Å². The second-order valence-corrected chi connectivity index (χ2v) is 5.18. The number of rotatable bonds is 5. The van der Waals surface area contributed by atoms with Crippen molar-refractivity contribution in [2.45, 2.75) is 13.3 Å². The first-order chi connectivity index (χ1) is 10.1. The maximum atomic E-state index is 12.0. The Morgan fingerprint density at radius 3 is 2.81 bits per heavy atom. The molecule has 6 nitrogen and oxygen atoms in total. The summed E-state index contributed by atoms with van der Waals surface area (Å²) < 4.78 is 5.07. The number of hydrogen-bond acceptors (Lipinski definition) is 6. The molecule has 0 atom stereocenters. The van der Waals surface area contributed by atoms with E-state index in [1.54, 1.807) is 13.3 Å². The first kappa shape index (κ1) is 15.0. The van der Waals surface area contributed by atoms with Crippen molar-refractivity contribution in [3.05, 3.63) is 40.4 Å². The summed E-state index contributed by atoms with van der Waals surface area (Å²) in [4.78, 5) is 16.6. The van der Waals surface area contributed by atoms with E-state index < -0.39 is 0 Å². The van der Waals surface area contributed by atoms with Crippen molar-refractivity contribution in [1.82, 2.24) is 10.4 Å². The highest BCUT2D eigenvalue weighted by Crippen LogP contribution is 2.20. The number of amides is 1. The molecule has 1 aromatic carbocycles. The number of nitrogens with two attached hydrogens (primary N) is 1. The third-order valence-electron chi connectivity index (χ3n) is 2.75. The number of methoxy groups -OCH3 is 1. The molecule has 0 saturated carbocycles. The molecule has 2 rings (SSSR count). The summed E-state index contributed by atoms with van der Waals surface area (Å²) in [6.07, 6.45) is 2.21. The van der Waals surface area contributed by atoms with Crippen molar-refractivity contribution < 1.29 is 9.53 Å². The Bertz CT molecular complexity index is 649. The molecular formula is C14H16N4O2S. The highest BCUT2D eigenvalue weighted by Gasteiger charge is 2.15. The minimum absolute atomic E-state index is 0.300. The van der Waals surface area contributed by atoms with Crippen molar-refractivity contribution in [2.24, 2.45) is 5.10 Å². The van der Waals surface area contributed by atoms with E-state index in [0.717, 1.165) is 22.6 Å². The largest absolute Gasteiger partial charge is 0.497 e. The minimum atomic E-state index is -0.300. The molecule has 1 heterocycles. The molecule has 1 aromatic heterocycles. The molecule has 0 bridgehead atoms. The van der Waals surface area contributed by atoms with Crippen LogP contribution in [0.25, 0.3) is 0 Å². The van der Waals surface area contributed by atoms with Gasteiger partial charge in [-0.05, 0) is 36.2 Å². The Morgan fingerprint density at radius 2 is 2.19 bits per heavy atom. The predicted molar refractivity (Wildman–Crippen MR) is 84.0 cm³/mol. The van der Waals surface area contributed by atoms with Gasteiger partial charge in [-0.3, -0.25) is 4.79 Å². The topological polar surface area (TPSA) is 89.6 Å². The SMILES string of the molecule is CCc1nc(N)sc1C(=O)NN=Cc1ccc(OC)cc1. The molecule has 0 aliphatic carbocycles. The number of anilines is 1.